The van der Waals surface area contributed by atoms with E-state index in [9.17, 15) is 18.8 Å². The van der Waals surface area contributed by atoms with E-state index in [-0.39, 0.29) is 11.3 Å². The maximum atomic E-state index is 13.2. The molecule has 1 N–H and O–H groups in total. The van der Waals surface area contributed by atoms with Crippen molar-refractivity contribution in [3.63, 3.8) is 0 Å². The standard InChI is InChI=1S/C19H19F2N3O/c1-4-5-24-12(2)6-14(13(24)3)7-15(11-22)19(25)23-18-9-16(20)8-17(21)10-18/h6-10H,4-5H2,1-3H3,(H,23,25)/b15-7+. The van der Waals surface area contributed by atoms with Gasteiger partial charge in [-0.2, -0.15) is 5.26 Å². The zero-order valence-corrected chi connectivity index (χ0v) is 14.4. The molecular weight excluding hydrogens is 324 g/mol. The Bertz CT molecular complexity index is 855. The fourth-order valence-electron chi connectivity index (χ4n) is 2.67. The Morgan fingerprint density at radius 1 is 1.24 bits per heavy atom. The second kappa shape index (κ2) is 7.75. The molecular formula is C19H19F2N3O. The van der Waals surface area contributed by atoms with Crippen LogP contribution in [0.15, 0.2) is 29.8 Å². The lowest BCUT2D eigenvalue weighted by molar-refractivity contribution is -0.112. The molecule has 0 saturated carbocycles. The average molecular weight is 343 g/mol. The zero-order valence-electron chi connectivity index (χ0n) is 14.4. The van der Waals surface area contributed by atoms with Gasteiger partial charge in [0, 0.05) is 29.7 Å². The van der Waals surface area contributed by atoms with Gasteiger partial charge in [0.05, 0.1) is 0 Å². The van der Waals surface area contributed by atoms with E-state index >= 15 is 0 Å². The fourth-order valence-corrected chi connectivity index (χ4v) is 2.67. The van der Waals surface area contributed by atoms with Crippen LogP contribution in [0.25, 0.3) is 6.08 Å². The number of aromatic nitrogens is 1. The van der Waals surface area contributed by atoms with Gasteiger partial charge in [-0.3, -0.25) is 4.79 Å². The summed E-state index contributed by atoms with van der Waals surface area (Å²) in [4.78, 5) is 12.2. The maximum absolute atomic E-state index is 13.2. The van der Waals surface area contributed by atoms with Crippen LogP contribution in [0.5, 0.6) is 0 Å². The number of nitriles is 1. The SMILES string of the molecule is CCCn1c(C)cc(/C=C(\C#N)C(=O)Nc2cc(F)cc(F)c2)c1C. The molecule has 0 saturated heterocycles. The lowest BCUT2D eigenvalue weighted by Crippen LogP contribution is -2.13. The smallest absolute Gasteiger partial charge is 0.266 e. The quantitative estimate of drug-likeness (QED) is 0.648. The van der Waals surface area contributed by atoms with Gasteiger partial charge in [-0.15, -0.1) is 0 Å². The number of nitrogens with zero attached hydrogens (tertiary/aromatic N) is 2. The summed E-state index contributed by atoms with van der Waals surface area (Å²) < 4.78 is 28.5. The third-order valence-corrected chi connectivity index (χ3v) is 3.85. The number of nitrogens with one attached hydrogen (secondary N) is 1. The van der Waals surface area contributed by atoms with Gasteiger partial charge in [-0.05, 0) is 50.1 Å². The molecule has 0 aliphatic rings. The molecule has 0 fully saturated rings. The van der Waals surface area contributed by atoms with Crippen molar-refractivity contribution in [2.24, 2.45) is 0 Å². The lowest BCUT2D eigenvalue weighted by Gasteiger charge is -2.07. The molecule has 2 rings (SSSR count). The van der Waals surface area contributed by atoms with Gasteiger partial charge in [0.15, 0.2) is 0 Å². The van der Waals surface area contributed by atoms with Crippen molar-refractivity contribution in [3.8, 4) is 6.07 Å². The molecule has 1 aromatic carbocycles. The van der Waals surface area contributed by atoms with E-state index in [1.54, 1.807) is 0 Å². The van der Waals surface area contributed by atoms with Crippen LogP contribution in [0.3, 0.4) is 0 Å². The van der Waals surface area contributed by atoms with E-state index in [0.717, 1.165) is 42.0 Å². The second-order valence-electron chi connectivity index (χ2n) is 5.76. The summed E-state index contributed by atoms with van der Waals surface area (Å²) in [7, 11) is 0. The maximum Gasteiger partial charge on any atom is 0.266 e. The van der Waals surface area contributed by atoms with Crippen molar-refractivity contribution in [3.05, 3.63) is 58.4 Å². The van der Waals surface area contributed by atoms with Crippen LogP contribution in [0.4, 0.5) is 14.5 Å². The largest absolute Gasteiger partial charge is 0.349 e. The van der Waals surface area contributed by atoms with E-state index in [4.69, 9.17) is 0 Å². The lowest BCUT2D eigenvalue weighted by atomic mass is 10.1. The third-order valence-electron chi connectivity index (χ3n) is 3.85. The molecule has 1 heterocycles. The third kappa shape index (κ3) is 4.32. The predicted molar refractivity (Wildman–Crippen MR) is 92.8 cm³/mol. The number of halogens is 2. The van der Waals surface area contributed by atoms with Gasteiger partial charge in [-0.25, -0.2) is 8.78 Å². The summed E-state index contributed by atoms with van der Waals surface area (Å²) in [6.07, 6.45) is 2.45. The highest BCUT2D eigenvalue weighted by molar-refractivity contribution is 6.09. The Kier molecular flexibility index (Phi) is 5.71. The molecule has 0 atom stereocenters. The summed E-state index contributed by atoms with van der Waals surface area (Å²) in [5.41, 5.74) is 2.58. The number of rotatable bonds is 5. The first-order valence-electron chi connectivity index (χ1n) is 7.91. The summed E-state index contributed by atoms with van der Waals surface area (Å²) >= 11 is 0. The molecule has 4 nitrogen and oxygen atoms in total. The Hall–Kier alpha value is -2.94. The number of carbonyl (C=O) groups excluding carboxylic acids is 1. The van der Waals surface area contributed by atoms with Crippen molar-refractivity contribution < 1.29 is 13.6 Å². The van der Waals surface area contributed by atoms with Crippen molar-refractivity contribution in [1.29, 1.82) is 5.26 Å². The minimum Gasteiger partial charge on any atom is -0.349 e. The second-order valence-corrected chi connectivity index (χ2v) is 5.76. The van der Waals surface area contributed by atoms with Gasteiger partial charge in [0.1, 0.15) is 23.3 Å². The molecule has 6 heteroatoms. The van der Waals surface area contributed by atoms with Gasteiger partial charge in [0.25, 0.3) is 5.91 Å². The Labute approximate surface area is 145 Å². The molecule has 130 valence electrons. The van der Waals surface area contributed by atoms with Gasteiger partial charge in [0.2, 0.25) is 0 Å². The Morgan fingerprint density at radius 2 is 1.88 bits per heavy atom. The van der Waals surface area contributed by atoms with Crippen LogP contribution < -0.4 is 5.32 Å². The van der Waals surface area contributed by atoms with E-state index in [2.05, 4.69) is 16.8 Å². The van der Waals surface area contributed by atoms with Crippen LogP contribution in [0.2, 0.25) is 0 Å². The molecule has 0 bridgehead atoms. The topological polar surface area (TPSA) is 57.8 Å². The Balaban J connectivity index is 2.30. The predicted octanol–water partition coefficient (Wildman–Crippen LogP) is 4.34. The molecule has 2 aromatic rings. The van der Waals surface area contributed by atoms with Crippen LogP contribution in [0, 0.1) is 36.8 Å². The number of benzene rings is 1. The van der Waals surface area contributed by atoms with Gasteiger partial charge >= 0.3 is 0 Å². The molecule has 25 heavy (non-hydrogen) atoms. The summed E-state index contributed by atoms with van der Waals surface area (Å²) in [5.74, 6) is -2.32. The monoisotopic (exact) mass is 343 g/mol. The van der Waals surface area contributed by atoms with Crippen molar-refractivity contribution in [1.82, 2.24) is 4.57 Å². The highest BCUT2D eigenvalue weighted by atomic mass is 19.1. The van der Waals surface area contributed by atoms with E-state index < -0.39 is 17.5 Å². The molecule has 1 amide bonds. The first-order chi connectivity index (χ1) is 11.8. The first-order valence-corrected chi connectivity index (χ1v) is 7.91. The van der Waals surface area contributed by atoms with Crippen LogP contribution in [-0.4, -0.2) is 10.5 Å². The molecule has 1 aromatic heterocycles. The van der Waals surface area contributed by atoms with E-state index in [1.807, 2.05) is 26.0 Å². The zero-order chi connectivity index (χ0) is 18.6. The van der Waals surface area contributed by atoms with Crippen molar-refractivity contribution in [2.75, 3.05) is 5.32 Å². The fraction of sp³-hybridized carbons (Fsp3) is 0.263. The van der Waals surface area contributed by atoms with E-state index in [0.29, 0.717) is 6.07 Å². The number of anilines is 1. The summed E-state index contributed by atoms with van der Waals surface area (Å²) in [5, 5.41) is 11.6. The number of carbonyl (C=O) groups is 1. The molecule has 0 aliphatic heterocycles. The van der Waals surface area contributed by atoms with Crippen LogP contribution in [0.1, 0.15) is 30.3 Å². The molecule has 0 aliphatic carbocycles. The number of amides is 1. The van der Waals surface area contributed by atoms with Gasteiger partial charge < -0.3 is 9.88 Å². The summed E-state index contributed by atoms with van der Waals surface area (Å²) in [6, 6.07) is 6.43. The number of hydrogen-bond acceptors (Lipinski definition) is 2. The molecule has 0 unspecified atom stereocenters. The van der Waals surface area contributed by atoms with Crippen molar-refractivity contribution >= 4 is 17.7 Å². The normalized spacial score (nSPS) is 11.3. The minimum atomic E-state index is -0.805. The average Bonchev–Trinajstić information content (AvgIpc) is 2.79. The highest BCUT2D eigenvalue weighted by Crippen LogP contribution is 2.20. The minimum absolute atomic E-state index is 0.0416. The summed E-state index contributed by atoms with van der Waals surface area (Å²) in [6.45, 7) is 6.80. The molecule has 0 spiro atoms. The Morgan fingerprint density at radius 3 is 2.44 bits per heavy atom. The number of hydrogen-bond donors (Lipinski definition) is 1. The first kappa shape index (κ1) is 18.4. The number of aryl methyl sites for hydroxylation is 1. The van der Waals surface area contributed by atoms with E-state index in [1.165, 1.54) is 6.08 Å². The van der Waals surface area contributed by atoms with Crippen molar-refractivity contribution in [2.45, 2.75) is 33.7 Å². The van der Waals surface area contributed by atoms with Crippen LogP contribution >= 0.6 is 0 Å². The highest BCUT2D eigenvalue weighted by Gasteiger charge is 2.13. The van der Waals surface area contributed by atoms with Crippen LogP contribution in [-0.2, 0) is 11.3 Å². The van der Waals surface area contributed by atoms with Gasteiger partial charge in [-0.1, -0.05) is 6.92 Å². The molecule has 0 radical (unpaired) electrons.